The quantitative estimate of drug-likeness (QED) is 0.836. The summed E-state index contributed by atoms with van der Waals surface area (Å²) in [6.07, 6.45) is 4.96. The molecular weight excluding hydrogens is 347 g/mol. The number of sulfonamides is 1. The van der Waals surface area contributed by atoms with Gasteiger partial charge in [0.25, 0.3) is 0 Å². The SMILES string of the molecule is COc1ccc(S(=O)(=O)NCC2(N)CCCCC2)cc1Cl.Cl. The molecule has 1 aromatic rings. The molecule has 2 rings (SSSR count). The summed E-state index contributed by atoms with van der Waals surface area (Å²) in [6, 6.07) is 4.39. The van der Waals surface area contributed by atoms with Crippen molar-refractivity contribution >= 4 is 34.0 Å². The molecule has 0 aromatic heterocycles. The zero-order valence-corrected chi connectivity index (χ0v) is 14.9. The van der Waals surface area contributed by atoms with Crippen molar-refractivity contribution in [2.75, 3.05) is 13.7 Å². The second-order valence-corrected chi connectivity index (χ2v) is 7.72. The highest BCUT2D eigenvalue weighted by molar-refractivity contribution is 7.89. The number of rotatable bonds is 5. The van der Waals surface area contributed by atoms with E-state index in [1.807, 2.05) is 0 Å². The van der Waals surface area contributed by atoms with Crippen LogP contribution in [0.2, 0.25) is 5.02 Å². The van der Waals surface area contributed by atoms with Crippen molar-refractivity contribution in [3.05, 3.63) is 23.2 Å². The fourth-order valence-corrected chi connectivity index (χ4v) is 4.06. The molecule has 1 aliphatic carbocycles. The maximum absolute atomic E-state index is 12.3. The monoisotopic (exact) mass is 368 g/mol. The lowest BCUT2D eigenvalue weighted by atomic mass is 9.83. The Morgan fingerprint density at radius 1 is 1.32 bits per heavy atom. The Labute approximate surface area is 143 Å². The first-order valence-electron chi connectivity index (χ1n) is 6.98. The smallest absolute Gasteiger partial charge is 0.240 e. The van der Waals surface area contributed by atoms with E-state index in [0.717, 1.165) is 25.7 Å². The first-order chi connectivity index (χ1) is 9.86. The van der Waals surface area contributed by atoms with Crippen molar-refractivity contribution in [2.24, 2.45) is 5.73 Å². The first-order valence-corrected chi connectivity index (χ1v) is 8.84. The molecule has 1 aliphatic rings. The minimum absolute atomic E-state index is 0. The third kappa shape index (κ3) is 4.73. The van der Waals surface area contributed by atoms with Gasteiger partial charge >= 0.3 is 0 Å². The van der Waals surface area contributed by atoms with E-state index in [2.05, 4.69) is 4.72 Å². The van der Waals surface area contributed by atoms with Crippen molar-refractivity contribution in [3.8, 4) is 5.75 Å². The summed E-state index contributed by atoms with van der Waals surface area (Å²) in [6.45, 7) is 0.249. The Hall–Kier alpha value is -0.530. The molecule has 0 heterocycles. The van der Waals surface area contributed by atoms with Crippen molar-refractivity contribution in [3.63, 3.8) is 0 Å². The molecule has 0 radical (unpaired) electrons. The molecule has 0 unspecified atom stereocenters. The number of hydrogen-bond acceptors (Lipinski definition) is 4. The second-order valence-electron chi connectivity index (χ2n) is 5.54. The third-order valence-corrected chi connectivity index (χ3v) is 5.59. The number of nitrogens with two attached hydrogens (primary N) is 1. The maximum Gasteiger partial charge on any atom is 0.240 e. The predicted molar refractivity (Wildman–Crippen MR) is 90.4 cm³/mol. The number of ether oxygens (including phenoxy) is 1. The Kier molecular flexibility index (Phi) is 6.95. The lowest BCUT2D eigenvalue weighted by molar-refractivity contribution is 0.296. The predicted octanol–water partition coefficient (Wildman–Crippen LogP) is 2.71. The fourth-order valence-electron chi connectivity index (χ4n) is 2.57. The van der Waals surface area contributed by atoms with Gasteiger partial charge in [0.1, 0.15) is 5.75 Å². The van der Waals surface area contributed by atoms with E-state index in [0.29, 0.717) is 5.75 Å². The Morgan fingerprint density at radius 2 is 1.95 bits per heavy atom. The molecule has 1 fully saturated rings. The van der Waals surface area contributed by atoms with E-state index < -0.39 is 15.6 Å². The molecule has 8 heteroatoms. The van der Waals surface area contributed by atoms with Gasteiger partial charge in [-0.3, -0.25) is 0 Å². The number of hydrogen-bond donors (Lipinski definition) is 2. The average Bonchev–Trinajstić information content (AvgIpc) is 2.46. The molecule has 126 valence electrons. The van der Waals surface area contributed by atoms with Gasteiger partial charge in [-0.15, -0.1) is 12.4 Å². The van der Waals surface area contributed by atoms with Gasteiger partial charge < -0.3 is 10.5 Å². The summed E-state index contributed by atoms with van der Waals surface area (Å²) >= 11 is 5.97. The van der Waals surface area contributed by atoms with E-state index in [1.54, 1.807) is 0 Å². The van der Waals surface area contributed by atoms with Crippen molar-refractivity contribution < 1.29 is 13.2 Å². The molecule has 22 heavy (non-hydrogen) atoms. The van der Waals surface area contributed by atoms with Crippen LogP contribution in [0.15, 0.2) is 23.1 Å². The number of nitrogens with one attached hydrogen (secondary N) is 1. The van der Waals surface area contributed by atoms with E-state index in [1.165, 1.54) is 31.7 Å². The van der Waals surface area contributed by atoms with Crippen LogP contribution >= 0.6 is 24.0 Å². The van der Waals surface area contributed by atoms with Gasteiger partial charge in [0.2, 0.25) is 10.0 Å². The van der Waals surface area contributed by atoms with Gasteiger partial charge in [0, 0.05) is 12.1 Å². The van der Waals surface area contributed by atoms with Gasteiger partial charge in [-0.1, -0.05) is 30.9 Å². The maximum atomic E-state index is 12.3. The summed E-state index contributed by atoms with van der Waals surface area (Å²) < 4.78 is 32.2. The van der Waals surface area contributed by atoms with Gasteiger partial charge in [0.15, 0.2) is 0 Å². The summed E-state index contributed by atoms with van der Waals surface area (Å²) in [5, 5.41) is 0.264. The lowest BCUT2D eigenvalue weighted by Gasteiger charge is -2.33. The molecule has 0 spiro atoms. The molecule has 1 saturated carbocycles. The van der Waals surface area contributed by atoms with Crippen LogP contribution in [-0.4, -0.2) is 27.6 Å². The minimum Gasteiger partial charge on any atom is -0.495 e. The molecule has 0 atom stereocenters. The standard InChI is InChI=1S/C14H21ClN2O3S.ClH/c1-20-13-6-5-11(9-12(13)15)21(18,19)17-10-14(16)7-3-2-4-8-14;/h5-6,9,17H,2-4,7-8,10,16H2,1H3;1H. The van der Waals surface area contributed by atoms with E-state index in [-0.39, 0.29) is 28.9 Å². The Morgan fingerprint density at radius 3 is 2.50 bits per heavy atom. The molecule has 1 aromatic carbocycles. The van der Waals surface area contributed by atoms with E-state index in [9.17, 15) is 8.42 Å². The third-order valence-electron chi connectivity index (χ3n) is 3.90. The number of methoxy groups -OCH3 is 1. The largest absolute Gasteiger partial charge is 0.495 e. The normalized spacial score (nSPS) is 17.6. The summed E-state index contributed by atoms with van der Waals surface area (Å²) in [4.78, 5) is 0.118. The van der Waals surface area contributed by atoms with Crippen molar-refractivity contribution in [1.82, 2.24) is 4.72 Å². The molecular formula is C14H22Cl2N2O3S. The van der Waals surface area contributed by atoms with Crippen LogP contribution in [0.3, 0.4) is 0 Å². The summed E-state index contributed by atoms with van der Waals surface area (Å²) in [5.41, 5.74) is 5.80. The van der Waals surface area contributed by atoms with Gasteiger partial charge in [0.05, 0.1) is 17.0 Å². The number of halogens is 2. The van der Waals surface area contributed by atoms with Crippen LogP contribution < -0.4 is 15.2 Å². The van der Waals surface area contributed by atoms with Crippen LogP contribution in [0.1, 0.15) is 32.1 Å². The van der Waals surface area contributed by atoms with Crippen LogP contribution in [0.4, 0.5) is 0 Å². The highest BCUT2D eigenvalue weighted by atomic mass is 35.5. The fraction of sp³-hybridized carbons (Fsp3) is 0.571. The zero-order valence-electron chi connectivity index (χ0n) is 12.5. The van der Waals surface area contributed by atoms with Crippen LogP contribution in [0.5, 0.6) is 5.75 Å². The van der Waals surface area contributed by atoms with Crippen LogP contribution in [0, 0.1) is 0 Å². The van der Waals surface area contributed by atoms with Gasteiger partial charge in [-0.2, -0.15) is 0 Å². The molecule has 0 amide bonds. The van der Waals surface area contributed by atoms with Crippen LogP contribution in [-0.2, 0) is 10.0 Å². The van der Waals surface area contributed by atoms with E-state index >= 15 is 0 Å². The van der Waals surface area contributed by atoms with Gasteiger partial charge in [-0.05, 0) is 31.0 Å². The summed E-state index contributed by atoms with van der Waals surface area (Å²) in [5.74, 6) is 0.443. The molecule has 0 bridgehead atoms. The lowest BCUT2D eigenvalue weighted by Crippen LogP contribution is -2.51. The van der Waals surface area contributed by atoms with Crippen molar-refractivity contribution in [2.45, 2.75) is 42.5 Å². The van der Waals surface area contributed by atoms with E-state index in [4.69, 9.17) is 22.1 Å². The summed E-state index contributed by atoms with van der Waals surface area (Å²) in [7, 11) is -2.13. The first kappa shape index (κ1) is 19.5. The average molecular weight is 369 g/mol. The molecule has 0 aliphatic heterocycles. The minimum atomic E-state index is -3.62. The zero-order chi connectivity index (χ0) is 15.5. The Bertz CT molecular complexity index is 602. The highest BCUT2D eigenvalue weighted by Crippen LogP contribution is 2.28. The topological polar surface area (TPSA) is 81.4 Å². The molecule has 5 nitrogen and oxygen atoms in total. The Balaban J connectivity index is 0.00000242. The number of benzene rings is 1. The van der Waals surface area contributed by atoms with Crippen molar-refractivity contribution in [1.29, 1.82) is 0 Å². The molecule has 3 N–H and O–H groups in total. The van der Waals surface area contributed by atoms with Gasteiger partial charge in [-0.25, -0.2) is 13.1 Å². The molecule has 0 saturated heterocycles. The second kappa shape index (κ2) is 7.84. The van der Waals surface area contributed by atoms with Crippen LogP contribution in [0.25, 0.3) is 0 Å². The highest BCUT2D eigenvalue weighted by Gasteiger charge is 2.29.